The molecule has 4 aliphatic heterocycles. The Hall–Kier alpha value is -0.940. The maximum Gasteiger partial charge on any atom is 0.349 e. The van der Waals surface area contributed by atoms with E-state index in [4.69, 9.17) is 9.47 Å². The topological polar surface area (TPSA) is 99.5 Å². The second-order valence-electron chi connectivity index (χ2n) is 8.55. The number of carbonyl (C=O) groups is 1. The van der Waals surface area contributed by atoms with E-state index in [9.17, 15) is 20.1 Å². The van der Waals surface area contributed by atoms with Crippen LogP contribution in [-0.4, -0.2) is 81.8 Å². The van der Waals surface area contributed by atoms with Crippen LogP contribution in [0.1, 0.15) is 17.7 Å². The molecule has 2 bridgehead atoms. The summed E-state index contributed by atoms with van der Waals surface area (Å²) in [7, 11) is 4.40. The van der Waals surface area contributed by atoms with Gasteiger partial charge in [0.05, 0.1) is 19.0 Å². The van der Waals surface area contributed by atoms with Gasteiger partial charge in [0.1, 0.15) is 41.9 Å². The van der Waals surface area contributed by atoms with Crippen LogP contribution in [0.3, 0.4) is 0 Å². The summed E-state index contributed by atoms with van der Waals surface area (Å²) in [6.07, 6.45) is 1.83. The number of quaternary nitrogens is 1. The number of carbonyl (C=O) groups excluding carboxylic acids is 1. The molecule has 1 aromatic rings. The number of esters is 1. The molecule has 9 heteroatoms. The van der Waals surface area contributed by atoms with Gasteiger partial charge < -0.3 is 29.3 Å². The van der Waals surface area contributed by atoms with Gasteiger partial charge in [-0.2, -0.15) is 0 Å². The third kappa shape index (κ3) is 2.64. The molecule has 28 heavy (non-hydrogen) atoms. The van der Waals surface area contributed by atoms with Crippen LogP contribution in [-0.2, 0) is 19.9 Å². The first-order valence-corrected chi connectivity index (χ1v) is 11.2. The van der Waals surface area contributed by atoms with Gasteiger partial charge in [-0.1, -0.05) is 17.8 Å². The Balaban J connectivity index is 1.39. The van der Waals surface area contributed by atoms with Crippen LogP contribution in [0.2, 0.25) is 0 Å². The summed E-state index contributed by atoms with van der Waals surface area (Å²) in [6.45, 7) is 0. The highest BCUT2D eigenvalue weighted by molar-refractivity contribution is 8.03. The van der Waals surface area contributed by atoms with Crippen molar-refractivity contribution in [3.05, 3.63) is 33.4 Å². The standard InChI is InChI=1S/C19H24NO6S2/c1-20(2)10-6-9(7-11(20)16-15(10)26-16)25-18(23)19(24,13-4-3-5-27-13)14-8-12(21)17(22)28-14/h3-5,8-12,15-17,21-22,24H,6-7H2,1-2H3/q+1/t9?,10-,11+,12?,15-,16+,17?,19?. The Morgan fingerprint density at radius 3 is 2.50 bits per heavy atom. The molecule has 152 valence electrons. The molecule has 8 atom stereocenters. The Morgan fingerprint density at radius 2 is 1.96 bits per heavy atom. The zero-order valence-electron chi connectivity index (χ0n) is 15.6. The van der Waals surface area contributed by atoms with E-state index in [1.54, 1.807) is 17.5 Å². The number of morpholine rings is 1. The van der Waals surface area contributed by atoms with Gasteiger partial charge in [0.25, 0.3) is 0 Å². The van der Waals surface area contributed by atoms with Crippen molar-refractivity contribution in [3.8, 4) is 0 Å². The fourth-order valence-corrected chi connectivity index (χ4v) is 6.98. The molecule has 0 radical (unpaired) electrons. The molecule has 5 rings (SSSR count). The number of nitrogens with zero attached hydrogens (tertiary/aromatic N) is 1. The minimum atomic E-state index is -2.02. The van der Waals surface area contributed by atoms with E-state index in [1.807, 2.05) is 0 Å². The van der Waals surface area contributed by atoms with Gasteiger partial charge in [-0.3, -0.25) is 0 Å². The predicted molar refractivity (Wildman–Crippen MR) is 103 cm³/mol. The summed E-state index contributed by atoms with van der Waals surface area (Å²) in [5, 5.41) is 32.9. The van der Waals surface area contributed by atoms with E-state index in [0.29, 0.717) is 29.8 Å². The van der Waals surface area contributed by atoms with Crippen molar-refractivity contribution in [2.75, 3.05) is 14.1 Å². The lowest BCUT2D eigenvalue weighted by atomic mass is 9.95. The average Bonchev–Trinajstić information content (AvgIpc) is 3.00. The lowest BCUT2D eigenvalue weighted by Gasteiger charge is -2.45. The Morgan fingerprint density at radius 1 is 1.29 bits per heavy atom. The number of fused-ring (bicyclic) bond motifs is 5. The summed E-state index contributed by atoms with van der Waals surface area (Å²) in [6, 6.07) is 4.00. The lowest BCUT2D eigenvalue weighted by Crippen LogP contribution is -2.60. The van der Waals surface area contributed by atoms with Crippen molar-refractivity contribution in [1.29, 1.82) is 0 Å². The zero-order valence-corrected chi connectivity index (χ0v) is 17.2. The zero-order chi connectivity index (χ0) is 19.8. The fourth-order valence-electron chi connectivity index (χ4n) is 5.03. The summed E-state index contributed by atoms with van der Waals surface area (Å²) >= 11 is 2.13. The number of piperidine rings is 1. The number of hydrogen-bond acceptors (Lipinski definition) is 8. The molecule has 5 heterocycles. The molecular formula is C19H24NO6S2+. The Labute approximate surface area is 171 Å². The van der Waals surface area contributed by atoms with Gasteiger partial charge in [0.15, 0.2) is 0 Å². The molecule has 0 aromatic carbocycles. The summed E-state index contributed by atoms with van der Waals surface area (Å²) < 4.78 is 12.5. The fraction of sp³-hybridized carbons (Fsp3) is 0.632. The quantitative estimate of drug-likeness (QED) is 0.367. The van der Waals surface area contributed by atoms with E-state index in [2.05, 4.69) is 14.1 Å². The van der Waals surface area contributed by atoms with Gasteiger partial charge in [-0.05, 0) is 17.5 Å². The number of thiophene rings is 1. The second-order valence-corrected chi connectivity index (χ2v) is 10.7. The molecule has 1 aromatic heterocycles. The first kappa shape index (κ1) is 19.0. The average molecular weight is 427 g/mol. The van der Waals surface area contributed by atoms with Gasteiger partial charge in [-0.15, -0.1) is 11.3 Å². The van der Waals surface area contributed by atoms with Crippen LogP contribution in [0.15, 0.2) is 28.5 Å². The Kier molecular flexibility index (Phi) is 4.27. The number of ether oxygens (including phenoxy) is 2. The summed E-state index contributed by atoms with van der Waals surface area (Å²) in [4.78, 5) is 13.8. The predicted octanol–water partition coefficient (Wildman–Crippen LogP) is 0.546. The summed E-state index contributed by atoms with van der Waals surface area (Å²) in [5.41, 5.74) is -3.13. The molecule has 0 spiro atoms. The van der Waals surface area contributed by atoms with E-state index < -0.39 is 23.1 Å². The van der Waals surface area contributed by atoms with Crippen molar-refractivity contribution in [2.24, 2.45) is 0 Å². The molecule has 3 fully saturated rings. The van der Waals surface area contributed by atoms with Gasteiger partial charge in [-0.25, -0.2) is 4.79 Å². The highest BCUT2D eigenvalue weighted by Gasteiger charge is 2.71. The highest BCUT2D eigenvalue weighted by Crippen LogP contribution is 2.52. The SMILES string of the molecule is C[N+]1(C)[C@@H]2CC(OC(=O)C(O)(C3=CC(O)C(O)S3)c3cccs3)C[C@H]1[C@@H]1O[C@@H]12. The van der Waals surface area contributed by atoms with Crippen LogP contribution in [0, 0.1) is 0 Å². The molecule has 3 saturated heterocycles. The number of rotatable bonds is 4. The molecule has 4 unspecified atom stereocenters. The van der Waals surface area contributed by atoms with Gasteiger partial charge >= 0.3 is 5.97 Å². The number of hydrogen-bond donors (Lipinski definition) is 3. The van der Waals surface area contributed by atoms with Crippen LogP contribution in [0.4, 0.5) is 0 Å². The molecule has 0 amide bonds. The number of epoxide rings is 1. The molecule has 4 aliphatic rings. The van der Waals surface area contributed by atoms with Crippen LogP contribution in [0.5, 0.6) is 0 Å². The summed E-state index contributed by atoms with van der Waals surface area (Å²) in [5.74, 6) is -0.749. The van der Waals surface area contributed by atoms with E-state index in [1.165, 1.54) is 17.4 Å². The normalized spacial score (nSPS) is 42.5. The van der Waals surface area contributed by atoms with Crippen LogP contribution in [0.25, 0.3) is 0 Å². The van der Waals surface area contributed by atoms with E-state index >= 15 is 0 Å². The molecule has 7 nitrogen and oxygen atoms in total. The third-order valence-corrected chi connectivity index (χ3v) is 8.89. The van der Waals surface area contributed by atoms with Crippen molar-refractivity contribution in [1.82, 2.24) is 0 Å². The lowest BCUT2D eigenvalue weighted by molar-refractivity contribution is -0.938. The first-order valence-electron chi connectivity index (χ1n) is 9.44. The number of aliphatic hydroxyl groups is 3. The van der Waals surface area contributed by atoms with Crippen molar-refractivity contribution in [3.63, 3.8) is 0 Å². The van der Waals surface area contributed by atoms with Gasteiger partial charge in [0.2, 0.25) is 5.60 Å². The number of likely N-dealkylation sites (N-methyl/N-ethyl adjacent to an activating group) is 1. The minimum absolute atomic E-state index is 0.209. The van der Waals surface area contributed by atoms with Crippen molar-refractivity contribution >= 4 is 29.1 Å². The first-order chi connectivity index (χ1) is 13.2. The largest absolute Gasteiger partial charge is 0.459 e. The Bertz CT molecular complexity index is 806. The van der Waals surface area contributed by atoms with E-state index in [-0.39, 0.29) is 23.2 Å². The maximum atomic E-state index is 13.2. The molecular weight excluding hydrogens is 402 g/mol. The van der Waals surface area contributed by atoms with Crippen molar-refractivity contribution < 1.29 is 34.1 Å². The third-order valence-electron chi connectivity index (χ3n) is 6.70. The molecule has 0 saturated carbocycles. The highest BCUT2D eigenvalue weighted by atomic mass is 32.2. The van der Waals surface area contributed by atoms with Crippen molar-refractivity contribution in [2.45, 2.75) is 60.4 Å². The molecule has 0 aliphatic carbocycles. The van der Waals surface area contributed by atoms with Gasteiger partial charge in [0, 0.05) is 17.7 Å². The number of thioether (sulfide) groups is 1. The maximum absolute atomic E-state index is 13.2. The second kappa shape index (κ2) is 6.28. The minimum Gasteiger partial charge on any atom is -0.459 e. The van der Waals surface area contributed by atoms with E-state index in [0.717, 1.165) is 16.2 Å². The molecule has 3 N–H and O–H groups in total. The number of aliphatic hydroxyl groups excluding tert-OH is 2. The van der Waals surface area contributed by atoms with Crippen LogP contribution >= 0.6 is 23.1 Å². The van der Waals surface area contributed by atoms with Crippen LogP contribution < -0.4 is 0 Å². The monoisotopic (exact) mass is 426 g/mol. The smallest absolute Gasteiger partial charge is 0.349 e.